The molecule has 108 valence electrons. The third-order valence-electron chi connectivity index (χ3n) is 3.95. The van der Waals surface area contributed by atoms with Crippen molar-refractivity contribution in [3.63, 3.8) is 0 Å². The first-order valence-corrected chi connectivity index (χ1v) is 6.74. The van der Waals surface area contributed by atoms with Gasteiger partial charge in [0.05, 0.1) is 5.56 Å². The van der Waals surface area contributed by atoms with Gasteiger partial charge in [0, 0.05) is 17.8 Å². The molecule has 5 heteroatoms. The minimum atomic E-state index is -0.986. The second kappa shape index (κ2) is 5.15. The van der Waals surface area contributed by atoms with Crippen molar-refractivity contribution >= 4 is 17.7 Å². The third-order valence-corrected chi connectivity index (χ3v) is 3.95. The Morgan fingerprint density at radius 1 is 1.35 bits per heavy atom. The number of rotatable bonds is 2. The van der Waals surface area contributed by atoms with Gasteiger partial charge < -0.3 is 15.3 Å². The summed E-state index contributed by atoms with van der Waals surface area (Å²) in [5.74, 6) is -0.986. The molecule has 20 heavy (non-hydrogen) atoms. The monoisotopic (exact) mass is 276 g/mol. The van der Waals surface area contributed by atoms with Crippen LogP contribution in [0.25, 0.3) is 0 Å². The average molecular weight is 276 g/mol. The topological polar surface area (TPSA) is 69.6 Å². The van der Waals surface area contributed by atoms with Gasteiger partial charge in [0.25, 0.3) is 0 Å². The molecule has 0 unspecified atom stereocenters. The van der Waals surface area contributed by atoms with Gasteiger partial charge in [-0.25, -0.2) is 9.59 Å². The van der Waals surface area contributed by atoms with Crippen molar-refractivity contribution in [1.82, 2.24) is 4.90 Å². The Hall–Kier alpha value is -2.04. The number of aromatic carboxylic acids is 1. The molecule has 0 atom stereocenters. The fraction of sp³-hybridized carbons (Fsp3) is 0.467. The second-order valence-corrected chi connectivity index (χ2v) is 5.78. The highest BCUT2D eigenvalue weighted by atomic mass is 16.4. The molecule has 1 aromatic carbocycles. The molecule has 0 saturated carbocycles. The molecule has 0 radical (unpaired) electrons. The number of carboxylic acids is 1. The quantitative estimate of drug-likeness (QED) is 0.872. The molecule has 0 aromatic heterocycles. The maximum Gasteiger partial charge on any atom is 0.336 e. The Labute approximate surface area is 118 Å². The minimum Gasteiger partial charge on any atom is -0.478 e. The molecule has 2 rings (SSSR count). The summed E-state index contributed by atoms with van der Waals surface area (Å²) in [6.45, 7) is 6.52. The number of anilines is 1. The molecular formula is C15H20N2O3. The zero-order valence-electron chi connectivity index (χ0n) is 12.1. The van der Waals surface area contributed by atoms with E-state index in [1.165, 1.54) is 6.07 Å². The molecule has 1 aliphatic rings. The number of amides is 2. The molecule has 2 N–H and O–H groups in total. The van der Waals surface area contributed by atoms with Gasteiger partial charge >= 0.3 is 12.0 Å². The lowest BCUT2D eigenvalue weighted by molar-refractivity contribution is 0.0696. The Kier molecular flexibility index (Phi) is 3.70. The lowest BCUT2D eigenvalue weighted by atomic mass is 10.0. The highest BCUT2D eigenvalue weighted by Gasteiger charge is 2.35. The molecule has 0 spiro atoms. The summed E-state index contributed by atoms with van der Waals surface area (Å²) in [6, 6.07) is 4.73. The van der Waals surface area contributed by atoms with Crippen LogP contribution in [0.4, 0.5) is 10.5 Å². The van der Waals surface area contributed by atoms with Crippen LogP contribution in [0.3, 0.4) is 0 Å². The van der Waals surface area contributed by atoms with Crippen LogP contribution in [0.2, 0.25) is 0 Å². The summed E-state index contributed by atoms with van der Waals surface area (Å²) < 4.78 is 0. The summed E-state index contributed by atoms with van der Waals surface area (Å²) in [6.07, 6.45) is 1.98. The van der Waals surface area contributed by atoms with E-state index < -0.39 is 5.97 Å². The molecule has 2 amide bonds. The first-order valence-electron chi connectivity index (χ1n) is 6.74. The Bertz CT molecular complexity index is 552. The van der Waals surface area contributed by atoms with Crippen molar-refractivity contribution in [2.24, 2.45) is 0 Å². The number of carbonyl (C=O) groups excluding carboxylic acids is 1. The van der Waals surface area contributed by atoms with Crippen LogP contribution in [0, 0.1) is 6.92 Å². The number of benzene rings is 1. The van der Waals surface area contributed by atoms with E-state index in [1.807, 2.05) is 13.8 Å². The van der Waals surface area contributed by atoms with Crippen LogP contribution in [0.5, 0.6) is 0 Å². The maximum absolute atomic E-state index is 12.3. The van der Waals surface area contributed by atoms with Crippen molar-refractivity contribution in [3.8, 4) is 0 Å². The van der Waals surface area contributed by atoms with E-state index in [9.17, 15) is 9.59 Å². The van der Waals surface area contributed by atoms with E-state index in [1.54, 1.807) is 24.0 Å². The van der Waals surface area contributed by atoms with Gasteiger partial charge in [0.15, 0.2) is 0 Å². The van der Waals surface area contributed by atoms with Gasteiger partial charge in [-0.15, -0.1) is 0 Å². The largest absolute Gasteiger partial charge is 0.478 e. The van der Waals surface area contributed by atoms with E-state index in [2.05, 4.69) is 5.32 Å². The van der Waals surface area contributed by atoms with Gasteiger partial charge in [-0.3, -0.25) is 0 Å². The van der Waals surface area contributed by atoms with Crippen molar-refractivity contribution in [2.45, 2.75) is 39.2 Å². The van der Waals surface area contributed by atoms with Gasteiger partial charge in [0.2, 0.25) is 0 Å². The maximum atomic E-state index is 12.3. The number of nitrogens with one attached hydrogen (secondary N) is 1. The molecule has 1 aromatic rings. The van der Waals surface area contributed by atoms with Crippen LogP contribution < -0.4 is 5.32 Å². The Balaban J connectivity index is 2.20. The van der Waals surface area contributed by atoms with Crippen LogP contribution in [0.1, 0.15) is 42.6 Å². The van der Waals surface area contributed by atoms with Crippen LogP contribution in [-0.4, -0.2) is 34.1 Å². The summed E-state index contributed by atoms with van der Waals surface area (Å²) in [5, 5.41) is 11.9. The number of urea groups is 1. The smallest absolute Gasteiger partial charge is 0.336 e. The fourth-order valence-electron chi connectivity index (χ4n) is 2.67. The number of carboxylic acid groups (broad SMARTS) is 1. The number of hydrogen-bond donors (Lipinski definition) is 2. The highest BCUT2D eigenvalue weighted by Crippen LogP contribution is 2.29. The Morgan fingerprint density at radius 2 is 2.05 bits per heavy atom. The molecule has 1 saturated heterocycles. The molecule has 0 bridgehead atoms. The Morgan fingerprint density at radius 3 is 2.60 bits per heavy atom. The van der Waals surface area contributed by atoms with E-state index in [0.717, 1.165) is 19.4 Å². The van der Waals surface area contributed by atoms with E-state index in [0.29, 0.717) is 11.3 Å². The highest BCUT2D eigenvalue weighted by molar-refractivity contribution is 5.95. The predicted octanol–water partition coefficient (Wildman–Crippen LogP) is 3.10. The normalized spacial score (nSPS) is 17.1. The molecule has 1 aliphatic heterocycles. The number of likely N-dealkylation sites (tertiary alicyclic amines) is 1. The summed E-state index contributed by atoms with van der Waals surface area (Å²) in [7, 11) is 0. The van der Waals surface area contributed by atoms with Gasteiger partial charge in [0.1, 0.15) is 0 Å². The molecule has 5 nitrogen and oxygen atoms in total. The molecule has 1 fully saturated rings. The van der Waals surface area contributed by atoms with E-state index in [-0.39, 0.29) is 17.1 Å². The first kappa shape index (κ1) is 14.4. The van der Waals surface area contributed by atoms with E-state index in [4.69, 9.17) is 5.11 Å². The lowest BCUT2D eigenvalue weighted by Crippen LogP contribution is -2.45. The number of hydrogen-bond acceptors (Lipinski definition) is 2. The standard InChI is InChI=1S/C15H20N2O3/c1-10-11(13(18)19)6-4-7-12(10)16-14(20)17-9-5-8-15(17,2)3/h4,6-7H,5,8-9H2,1-3H3,(H,16,20)(H,18,19). The average Bonchev–Trinajstić information content (AvgIpc) is 2.71. The summed E-state index contributed by atoms with van der Waals surface area (Å²) >= 11 is 0. The molecule has 1 heterocycles. The lowest BCUT2D eigenvalue weighted by Gasteiger charge is -2.31. The predicted molar refractivity (Wildman–Crippen MR) is 77.2 cm³/mol. The number of carbonyl (C=O) groups is 2. The van der Waals surface area contributed by atoms with Crippen LogP contribution >= 0.6 is 0 Å². The number of nitrogens with zero attached hydrogens (tertiary/aromatic N) is 1. The summed E-state index contributed by atoms with van der Waals surface area (Å²) in [4.78, 5) is 25.2. The van der Waals surface area contributed by atoms with E-state index >= 15 is 0 Å². The molecule has 0 aliphatic carbocycles. The van der Waals surface area contributed by atoms with Crippen molar-refractivity contribution in [3.05, 3.63) is 29.3 Å². The first-order chi connectivity index (χ1) is 9.33. The van der Waals surface area contributed by atoms with Gasteiger partial charge in [-0.05, 0) is 51.3 Å². The second-order valence-electron chi connectivity index (χ2n) is 5.78. The molecular weight excluding hydrogens is 256 g/mol. The fourth-order valence-corrected chi connectivity index (χ4v) is 2.67. The van der Waals surface area contributed by atoms with Gasteiger partial charge in [-0.1, -0.05) is 6.07 Å². The van der Waals surface area contributed by atoms with Crippen LogP contribution in [0.15, 0.2) is 18.2 Å². The van der Waals surface area contributed by atoms with Crippen molar-refractivity contribution in [2.75, 3.05) is 11.9 Å². The zero-order valence-corrected chi connectivity index (χ0v) is 12.1. The van der Waals surface area contributed by atoms with Gasteiger partial charge in [-0.2, -0.15) is 0 Å². The van der Waals surface area contributed by atoms with Crippen molar-refractivity contribution in [1.29, 1.82) is 0 Å². The third kappa shape index (κ3) is 2.61. The van der Waals surface area contributed by atoms with Crippen LogP contribution in [-0.2, 0) is 0 Å². The minimum absolute atomic E-state index is 0.150. The summed E-state index contributed by atoms with van der Waals surface area (Å²) in [5.41, 5.74) is 1.19. The zero-order chi connectivity index (χ0) is 14.9. The SMILES string of the molecule is Cc1c(NC(=O)N2CCCC2(C)C)cccc1C(=O)O. The van der Waals surface area contributed by atoms with Crippen molar-refractivity contribution < 1.29 is 14.7 Å².